The van der Waals surface area contributed by atoms with Gasteiger partial charge in [-0.3, -0.25) is 9.59 Å². The lowest BCUT2D eigenvalue weighted by molar-refractivity contribution is -0.139. The van der Waals surface area contributed by atoms with Crippen LogP contribution in [0.2, 0.25) is 0 Å². The third kappa shape index (κ3) is 5.50. The highest BCUT2D eigenvalue weighted by Crippen LogP contribution is 2.27. The van der Waals surface area contributed by atoms with Crippen LogP contribution >= 0.6 is 0 Å². The Morgan fingerprint density at radius 1 is 1.33 bits per heavy atom. The van der Waals surface area contributed by atoms with Crippen molar-refractivity contribution in [3.8, 4) is 5.75 Å². The van der Waals surface area contributed by atoms with Crippen LogP contribution in [0.3, 0.4) is 0 Å². The molecule has 0 heterocycles. The van der Waals surface area contributed by atoms with Crippen LogP contribution in [0.5, 0.6) is 5.75 Å². The monoisotopic (exact) mass is 358 g/mol. The molecule has 0 aromatic heterocycles. The fourth-order valence-electron chi connectivity index (χ4n) is 2.06. The van der Waals surface area contributed by atoms with Crippen molar-refractivity contribution in [3.63, 3.8) is 0 Å². The second kappa shape index (κ2) is 8.65. The summed E-state index contributed by atoms with van der Waals surface area (Å²) in [5.74, 6) is -1.55. The number of carboxylic acid groups (broad SMARTS) is 1. The van der Waals surface area contributed by atoms with E-state index in [1.54, 1.807) is 0 Å². The molecule has 0 bridgehead atoms. The maximum Gasteiger partial charge on any atom is 0.321 e. The van der Waals surface area contributed by atoms with Crippen LogP contribution in [-0.2, 0) is 19.6 Å². The summed E-state index contributed by atoms with van der Waals surface area (Å²) in [4.78, 5) is 22.2. The molecule has 0 saturated heterocycles. The predicted molar refractivity (Wildman–Crippen MR) is 88.6 cm³/mol. The highest BCUT2D eigenvalue weighted by atomic mass is 32.2. The van der Waals surface area contributed by atoms with E-state index < -0.39 is 22.0 Å². The predicted octanol–water partition coefficient (Wildman–Crippen LogP) is 1.58. The Morgan fingerprint density at radius 2 is 2.00 bits per heavy atom. The highest BCUT2D eigenvalue weighted by molar-refractivity contribution is 7.89. The lowest BCUT2D eigenvalue weighted by Gasteiger charge is -2.17. The van der Waals surface area contributed by atoms with E-state index in [9.17, 15) is 23.1 Å². The molecule has 0 unspecified atom stereocenters. The molecule has 1 aromatic rings. The van der Waals surface area contributed by atoms with Crippen molar-refractivity contribution in [2.24, 2.45) is 0 Å². The zero-order chi connectivity index (χ0) is 18.3. The lowest BCUT2D eigenvalue weighted by atomic mass is 10.1. The minimum absolute atomic E-state index is 0.0521. The number of benzene rings is 1. The van der Waals surface area contributed by atoms with Crippen molar-refractivity contribution in [1.82, 2.24) is 4.72 Å². The van der Waals surface area contributed by atoms with Crippen molar-refractivity contribution in [2.45, 2.75) is 44.0 Å². The Bertz CT molecular complexity index is 702. The van der Waals surface area contributed by atoms with Crippen molar-refractivity contribution in [2.75, 3.05) is 12.4 Å². The summed E-state index contributed by atoms with van der Waals surface area (Å²) in [5.41, 5.74) is 0.268. The first-order valence-corrected chi connectivity index (χ1v) is 8.90. The van der Waals surface area contributed by atoms with Gasteiger partial charge in [0.1, 0.15) is 16.7 Å². The van der Waals surface area contributed by atoms with Gasteiger partial charge < -0.3 is 15.2 Å². The zero-order valence-electron chi connectivity index (χ0n) is 13.8. The Kier molecular flexibility index (Phi) is 7.18. The van der Waals surface area contributed by atoms with Gasteiger partial charge in [-0.2, -0.15) is 4.72 Å². The van der Waals surface area contributed by atoms with Gasteiger partial charge in [0, 0.05) is 12.6 Å². The molecule has 3 N–H and O–H groups in total. The fraction of sp³-hybridized carbons (Fsp3) is 0.467. The van der Waals surface area contributed by atoms with Crippen LogP contribution in [0.1, 0.15) is 33.1 Å². The van der Waals surface area contributed by atoms with E-state index in [-0.39, 0.29) is 28.7 Å². The fourth-order valence-corrected chi connectivity index (χ4v) is 3.48. The van der Waals surface area contributed by atoms with Gasteiger partial charge in [-0.25, -0.2) is 8.42 Å². The van der Waals surface area contributed by atoms with Gasteiger partial charge in [0.2, 0.25) is 15.9 Å². The largest absolute Gasteiger partial charge is 0.495 e. The van der Waals surface area contributed by atoms with E-state index in [0.29, 0.717) is 6.42 Å². The van der Waals surface area contributed by atoms with E-state index in [4.69, 9.17) is 4.74 Å². The van der Waals surface area contributed by atoms with Crippen LogP contribution in [0.25, 0.3) is 0 Å². The van der Waals surface area contributed by atoms with E-state index in [1.165, 1.54) is 32.2 Å². The highest BCUT2D eigenvalue weighted by Gasteiger charge is 2.27. The van der Waals surface area contributed by atoms with Gasteiger partial charge in [0.25, 0.3) is 0 Å². The van der Waals surface area contributed by atoms with E-state index in [2.05, 4.69) is 10.0 Å². The normalized spacial score (nSPS) is 12.5. The first-order chi connectivity index (χ1) is 11.2. The number of hydrogen-bond acceptors (Lipinski definition) is 5. The molecule has 134 valence electrons. The molecule has 0 fully saturated rings. The number of carboxylic acids is 1. The number of anilines is 1. The average Bonchev–Trinajstić information content (AvgIpc) is 2.50. The minimum atomic E-state index is -4.14. The molecular formula is C15H22N2O6S. The Hall–Kier alpha value is -2.13. The number of rotatable bonds is 9. The van der Waals surface area contributed by atoms with Crippen LogP contribution in [0.4, 0.5) is 5.69 Å². The second-order valence-electron chi connectivity index (χ2n) is 5.20. The third-order valence-corrected chi connectivity index (χ3v) is 4.71. The summed E-state index contributed by atoms with van der Waals surface area (Å²) in [7, 11) is -2.84. The summed E-state index contributed by atoms with van der Waals surface area (Å²) in [6.07, 6.45) is 1.49. The Labute approximate surface area is 141 Å². The number of methoxy groups -OCH3 is 1. The minimum Gasteiger partial charge on any atom is -0.495 e. The topological polar surface area (TPSA) is 122 Å². The molecule has 0 saturated carbocycles. The number of ether oxygens (including phenoxy) is 1. The molecule has 0 aliphatic carbocycles. The summed E-state index contributed by atoms with van der Waals surface area (Å²) in [5, 5.41) is 11.7. The third-order valence-electron chi connectivity index (χ3n) is 3.22. The van der Waals surface area contributed by atoms with Gasteiger partial charge in [-0.05, 0) is 24.6 Å². The first kappa shape index (κ1) is 19.9. The molecule has 1 atom stereocenters. The first-order valence-electron chi connectivity index (χ1n) is 7.42. The number of sulfonamides is 1. The van der Waals surface area contributed by atoms with Crippen molar-refractivity contribution in [3.05, 3.63) is 18.2 Å². The van der Waals surface area contributed by atoms with Crippen molar-refractivity contribution < 1.29 is 27.9 Å². The molecule has 0 aliphatic heterocycles. The molecule has 9 heteroatoms. The summed E-state index contributed by atoms with van der Waals surface area (Å²) in [6.45, 7) is 3.18. The lowest BCUT2D eigenvalue weighted by Crippen LogP contribution is -2.40. The molecule has 1 amide bonds. The Morgan fingerprint density at radius 3 is 2.50 bits per heavy atom. The van der Waals surface area contributed by atoms with E-state index in [0.717, 1.165) is 6.42 Å². The van der Waals surface area contributed by atoms with Gasteiger partial charge in [0.15, 0.2) is 0 Å². The van der Waals surface area contributed by atoms with Crippen LogP contribution in [0, 0.1) is 0 Å². The second-order valence-corrected chi connectivity index (χ2v) is 6.88. The van der Waals surface area contributed by atoms with Crippen LogP contribution in [-0.4, -0.2) is 38.6 Å². The number of nitrogens with one attached hydrogen (secondary N) is 2. The Balaban J connectivity index is 3.19. The maximum absolute atomic E-state index is 12.6. The summed E-state index contributed by atoms with van der Waals surface area (Å²) in [6, 6.07) is 2.87. The van der Waals surface area contributed by atoms with E-state index >= 15 is 0 Å². The molecule has 1 rings (SSSR count). The molecule has 0 aliphatic rings. The van der Waals surface area contributed by atoms with E-state index in [1.807, 2.05) is 6.92 Å². The smallest absolute Gasteiger partial charge is 0.321 e. The number of aliphatic carboxylic acids is 1. The summed E-state index contributed by atoms with van der Waals surface area (Å²) < 4.78 is 32.3. The molecule has 1 aromatic carbocycles. The average molecular weight is 358 g/mol. The number of carbonyl (C=O) groups excluding carboxylic acids is 1. The van der Waals surface area contributed by atoms with Gasteiger partial charge in [0.05, 0.1) is 7.11 Å². The van der Waals surface area contributed by atoms with Gasteiger partial charge in [-0.15, -0.1) is 0 Å². The number of unbranched alkanes of at least 4 members (excludes halogenated alkanes) is 1. The molecule has 0 spiro atoms. The number of hydrogen-bond donors (Lipinski definition) is 3. The van der Waals surface area contributed by atoms with Crippen LogP contribution < -0.4 is 14.8 Å². The standard InChI is InChI=1S/C15H22N2O6S/c1-4-5-6-12(15(19)20)17-24(21,22)14-9-11(16-10(2)18)7-8-13(14)23-3/h7-9,12,17H,4-6H2,1-3H3,(H,16,18)(H,19,20)/t12-/m0/s1. The maximum atomic E-state index is 12.6. The molecular weight excluding hydrogens is 336 g/mol. The quantitative estimate of drug-likeness (QED) is 0.616. The van der Waals surface area contributed by atoms with Crippen LogP contribution in [0.15, 0.2) is 23.1 Å². The SMILES string of the molecule is CCCC[C@H](NS(=O)(=O)c1cc(NC(C)=O)ccc1OC)C(=O)O. The zero-order valence-corrected chi connectivity index (χ0v) is 14.6. The number of amides is 1. The number of carbonyl (C=O) groups is 2. The summed E-state index contributed by atoms with van der Waals surface area (Å²) >= 11 is 0. The van der Waals surface area contributed by atoms with Gasteiger partial charge in [-0.1, -0.05) is 19.8 Å². The molecule has 8 nitrogen and oxygen atoms in total. The van der Waals surface area contributed by atoms with Crippen molar-refractivity contribution >= 4 is 27.6 Å². The van der Waals surface area contributed by atoms with Crippen molar-refractivity contribution in [1.29, 1.82) is 0 Å². The molecule has 0 radical (unpaired) electrons. The molecule has 24 heavy (non-hydrogen) atoms. The van der Waals surface area contributed by atoms with Gasteiger partial charge >= 0.3 is 5.97 Å².